The van der Waals surface area contributed by atoms with Gasteiger partial charge in [-0.25, -0.2) is 0 Å². The number of hydrogen-bond acceptors (Lipinski definition) is 2. The van der Waals surface area contributed by atoms with Crippen molar-refractivity contribution in [2.24, 2.45) is 5.92 Å². The lowest BCUT2D eigenvalue weighted by Crippen LogP contribution is -2.47. The Morgan fingerprint density at radius 1 is 1.19 bits per heavy atom. The Morgan fingerprint density at radius 2 is 1.81 bits per heavy atom. The summed E-state index contributed by atoms with van der Waals surface area (Å²) in [5.41, 5.74) is 2.72. The largest absolute Gasteiger partial charge is 0.373 e. The van der Waals surface area contributed by atoms with Gasteiger partial charge in [-0.15, -0.1) is 0 Å². The number of ether oxygens (including phenoxy) is 1. The first-order chi connectivity index (χ1) is 10.1. The molecular weight excluding hydrogens is 258 g/mol. The zero-order chi connectivity index (χ0) is 15.3. The number of nitrogens with one attached hydrogen (secondary N) is 1. The highest BCUT2D eigenvalue weighted by molar-refractivity contribution is 5.27. The van der Waals surface area contributed by atoms with Crippen LogP contribution in [0.15, 0.2) is 24.3 Å². The van der Waals surface area contributed by atoms with Gasteiger partial charge in [0.2, 0.25) is 0 Å². The standard InChI is InChI=1S/C19H31NO/c1-5-16-7-9-17(10-8-16)18(20-4)19(21-6-2)13-11-15(3)12-14-19/h7-10,15,18,20H,5-6,11-14H2,1-4H3. The van der Waals surface area contributed by atoms with E-state index in [0.29, 0.717) is 0 Å². The van der Waals surface area contributed by atoms with Crippen molar-refractivity contribution in [1.82, 2.24) is 5.32 Å². The second kappa shape index (κ2) is 7.42. The average molecular weight is 289 g/mol. The lowest BCUT2D eigenvalue weighted by Gasteiger charge is -2.45. The topological polar surface area (TPSA) is 21.3 Å². The van der Waals surface area contributed by atoms with Crippen LogP contribution < -0.4 is 5.32 Å². The highest BCUT2D eigenvalue weighted by Crippen LogP contribution is 2.43. The molecule has 2 nitrogen and oxygen atoms in total. The number of rotatable bonds is 6. The van der Waals surface area contributed by atoms with Gasteiger partial charge < -0.3 is 10.1 Å². The summed E-state index contributed by atoms with van der Waals surface area (Å²) in [5.74, 6) is 0.832. The molecule has 1 saturated carbocycles. The smallest absolute Gasteiger partial charge is 0.0876 e. The van der Waals surface area contributed by atoms with E-state index < -0.39 is 0 Å². The van der Waals surface area contributed by atoms with Crippen molar-refractivity contribution in [3.05, 3.63) is 35.4 Å². The van der Waals surface area contributed by atoms with Crippen LogP contribution in [0.5, 0.6) is 0 Å². The van der Waals surface area contributed by atoms with Gasteiger partial charge in [0.15, 0.2) is 0 Å². The van der Waals surface area contributed by atoms with E-state index in [0.717, 1.165) is 31.8 Å². The Morgan fingerprint density at radius 3 is 2.29 bits per heavy atom. The zero-order valence-corrected chi connectivity index (χ0v) is 14.1. The lowest BCUT2D eigenvalue weighted by molar-refractivity contribution is -0.0962. The van der Waals surface area contributed by atoms with Crippen LogP contribution in [0.4, 0.5) is 0 Å². The average Bonchev–Trinajstić information content (AvgIpc) is 2.52. The van der Waals surface area contributed by atoms with Crippen LogP contribution in [0.2, 0.25) is 0 Å². The first-order valence-corrected chi connectivity index (χ1v) is 8.55. The third kappa shape index (κ3) is 3.67. The summed E-state index contributed by atoms with van der Waals surface area (Å²) in [6.45, 7) is 7.47. The summed E-state index contributed by atoms with van der Waals surface area (Å²) < 4.78 is 6.32. The Balaban J connectivity index is 2.26. The highest BCUT2D eigenvalue weighted by atomic mass is 16.5. The minimum atomic E-state index is -0.0380. The van der Waals surface area contributed by atoms with Crippen molar-refractivity contribution in [2.75, 3.05) is 13.7 Å². The molecule has 0 aromatic heterocycles. The molecule has 1 fully saturated rings. The van der Waals surface area contributed by atoms with E-state index in [9.17, 15) is 0 Å². The van der Waals surface area contributed by atoms with Gasteiger partial charge in [-0.05, 0) is 63.1 Å². The second-order valence-electron chi connectivity index (χ2n) is 6.50. The van der Waals surface area contributed by atoms with E-state index in [1.165, 1.54) is 24.0 Å². The van der Waals surface area contributed by atoms with Gasteiger partial charge in [-0.3, -0.25) is 0 Å². The molecule has 0 bridgehead atoms. The number of likely N-dealkylation sites (N-methyl/N-ethyl adjacent to an activating group) is 1. The molecule has 2 heteroatoms. The molecule has 2 rings (SSSR count). The third-order valence-corrected chi connectivity index (χ3v) is 5.09. The SMILES string of the molecule is CCOC1(C(NC)c2ccc(CC)cc2)CCC(C)CC1. The van der Waals surface area contributed by atoms with Crippen molar-refractivity contribution < 1.29 is 4.74 Å². The van der Waals surface area contributed by atoms with Gasteiger partial charge in [-0.2, -0.15) is 0 Å². The van der Waals surface area contributed by atoms with Crippen molar-refractivity contribution >= 4 is 0 Å². The van der Waals surface area contributed by atoms with E-state index in [1.807, 2.05) is 0 Å². The molecule has 1 atom stereocenters. The zero-order valence-electron chi connectivity index (χ0n) is 14.1. The van der Waals surface area contributed by atoms with Crippen LogP contribution in [0, 0.1) is 5.92 Å². The molecule has 118 valence electrons. The summed E-state index contributed by atoms with van der Waals surface area (Å²) >= 11 is 0. The quantitative estimate of drug-likeness (QED) is 0.833. The van der Waals surface area contributed by atoms with Crippen molar-refractivity contribution in [3.8, 4) is 0 Å². The van der Waals surface area contributed by atoms with Crippen LogP contribution in [0.1, 0.15) is 63.6 Å². The maximum Gasteiger partial charge on any atom is 0.0876 e. The molecule has 0 saturated heterocycles. The van der Waals surface area contributed by atoms with Gasteiger partial charge in [0.05, 0.1) is 11.6 Å². The summed E-state index contributed by atoms with van der Waals surface area (Å²) in [5, 5.41) is 3.54. The van der Waals surface area contributed by atoms with E-state index in [1.54, 1.807) is 0 Å². The molecule has 1 aromatic rings. The van der Waals surface area contributed by atoms with Crippen molar-refractivity contribution in [2.45, 2.75) is 64.5 Å². The van der Waals surface area contributed by atoms with Crippen LogP contribution in [-0.2, 0) is 11.2 Å². The molecule has 1 aliphatic rings. The Labute approximate surface area is 130 Å². The van der Waals surface area contributed by atoms with Gasteiger partial charge >= 0.3 is 0 Å². The Kier molecular flexibility index (Phi) is 5.83. The monoisotopic (exact) mass is 289 g/mol. The number of hydrogen-bond donors (Lipinski definition) is 1. The fourth-order valence-corrected chi connectivity index (χ4v) is 3.73. The molecule has 0 aliphatic heterocycles. The van der Waals surface area contributed by atoms with Crippen LogP contribution >= 0.6 is 0 Å². The minimum Gasteiger partial charge on any atom is -0.373 e. The molecule has 0 heterocycles. The Hall–Kier alpha value is -0.860. The highest BCUT2D eigenvalue weighted by Gasteiger charge is 2.42. The first-order valence-electron chi connectivity index (χ1n) is 8.55. The minimum absolute atomic E-state index is 0.0380. The molecule has 1 N–H and O–H groups in total. The number of benzene rings is 1. The number of aryl methyl sites for hydroxylation is 1. The summed E-state index contributed by atoms with van der Waals surface area (Å²) in [6, 6.07) is 9.35. The molecule has 1 unspecified atom stereocenters. The van der Waals surface area contributed by atoms with Gasteiger partial charge in [0.1, 0.15) is 0 Å². The Bertz CT molecular complexity index is 418. The summed E-state index contributed by atoms with van der Waals surface area (Å²) in [4.78, 5) is 0. The molecular formula is C19H31NO. The van der Waals surface area contributed by atoms with E-state index >= 15 is 0 Å². The summed E-state index contributed by atoms with van der Waals surface area (Å²) in [6.07, 6.45) is 5.95. The molecule has 0 spiro atoms. The first kappa shape index (κ1) is 16.5. The van der Waals surface area contributed by atoms with E-state index in [2.05, 4.69) is 57.4 Å². The second-order valence-corrected chi connectivity index (χ2v) is 6.50. The van der Waals surface area contributed by atoms with Gasteiger partial charge in [-0.1, -0.05) is 38.1 Å². The van der Waals surface area contributed by atoms with E-state index in [-0.39, 0.29) is 11.6 Å². The predicted molar refractivity (Wildman–Crippen MR) is 89.6 cm³/mol. The molecule has 1 aromatic carbocycles. The molecule has 0 amide bonds. The molecule has 21 heavy (non-hydrogen) atoms. The lowest BCUT2D eigenvalue weighted by atomic mass is 9.73. The van der Waals surface area contributed by atoms with Crippen LogP contribution in [0.25, 0.3) is 0 Å². The fourth-order valence-electron chi connectivity index (χ4n) is 3.73. The van der Waals surface area contributed by atoms with E-state index in [4.69, 9.17) is 4.74 Å². The maximum absolute atomic E-state index is 6.32. The molecule has 1 aliphatic carbocycles. The fraction of sp³-hybridized carbons (Fsp3) is 0.684. The summed E-state index contributed by atoms with van der Waals surface area (Å²) in [7, 11) is 2.07. The molecule has 0 radical (unpaired) electrons. The van der Waals surface area contributed by atoms with Crippen molar-refractivity contribution in [3.63, 3.8) is 0 Å². The van der Waals surface area contributed by atoms with Crippen LogP contribution in [0.3, 0.4) is 0 Å². The van der Waals surface area contributed by atoms with Crippen molar-refractivity contribution in [1.29, 1.82) is 0 Å². The maximum atomic E-state index is 6.32. The van der Waals surface area contributed by atoms with Crippen LogP contribution in [-0.4, -0.2) is 19.3 Å². The van der Waals surface area contributed by atoms with Gasteiger partial charge in [0.25, 0.3) is 0 Å². The predicted octanol–water partition coefficient (Wildman–Crippen LogP) is 4.49. The van der Waals surface area contributed by atoms with Gasteiger partial charge in [0, 0.05) is 6.61 Å². The third-order valence-electron chi connectivity index (χ3n) is 5.09. The normalized spacial score (nSPS) is 27.5.